The third kappa shape index (κ3) is 3.27. The fourth-order valence-electron chi connectivity index (χ4n) is 1.74. The zero-order valence-electron chi connectivity index (χ0n) is 10.8. The maximum Gasteiger partial charge on any atom is 0.163 e. The molecule has 0 aliphatic heterocycles. The standard InChI is InChI=1S/C15H13ClFNO2/c1-9(19)12-7-11(18)3-5-15(12)20-8-10-2-4-14(17)13(16)6-10/h2-7H,8,18H2,1H3. The van der Waals surface area contributed by atoms with Crippen molar-refractivity contribution < 1.29 is 13.9 Å². The van der Waals surface area contributed by atoms with Crippen molar-refractivity contribution in [3.05, 3.63) is 58.4 Å². The van der Waals surface area contributed by atoms with Crippen LogP contribution >= 0.6 is 11.6 Å². The van der Waals surface area contributed by atoms with E-state index in [0.717, 1.165) is 0 Å². The monoisotopic (exact) mass is 293 g/mol. The average Bonchev–Trinajstić information content (AvgIpc) is 2.41. The molecule has 0 saturated carbocycles. The van der Waals surface area contributed by atoms with Gasteiger partial charge in [-0.1, -0.05) is 17.7 Å². The summed E-state index contributed by atoms with van der Waals surface area (Å²) in [6, 6.07) is 9.19. The van der Waals surface area contributed by atoms with E-state index in [4.69, 9.17) is 22.1 Å². The molecule has 2 N–H and O–H groups in total. The predicted molar refractivity (Wildman–Crippen MR) is 76.6 cm³/mol. The number of halogens is 2. The van der Waals surface area contributed by atoms with Crippen molar-refractivity contribution in [3.63, 3.8) is 0 Å². The molecule has 0 unspecified atom stereocenters. The van der Waals surface area contributed by atoms with Gasteiger partial charge < -0.3 is 10.5 Å². The highest BCUT2D eigenvalue weighted by Crippen LogP contribution is 2.24. The molecule has 0 amide bonds. The van der Waals surface area contributed by atoms with Crippen LogP contribution in [0.1, 0.15) is 22.8 Å². The van der Waals surface area contributed by atoms with Gasteiger partial charge in [0.25, 0.3) is 0 Å². The van der Waals surface area contributed by atoms with Crippen LogP contribution < -0.4 is 10.5 Å². The minimum atomic E-state index is -0.479. The molecule has 0 aromatic heterocycles. The number of nitrogen functional groups attached to an aromatic ring is 1. The highest BCUT2D eigenvalue weighted by Gasteiger charge is 2.09. The van der Waals surface area contributed by atoms with Crippen LogP contribution in [0.5, 0.6) is 5.75 Å². The van der Waals surface area contributed by atoms with Crippen LogP contribution in [0.3, 0.4) is 0 Å². The van der Waals surface area contributed by atoms with Gasteiger partial charge in [0.05, 0.1) is 10.6 Å². The van der Waals surface area contributed by atoms with Crippen LogP contribution in [-0.2, 0) is 6.61 Å². The molecule has 0 radical (unpaired) electrons. The van der Waals surface area contributed by atoms with E-state index in [1.54, 1.807) is 24.3 Å². The van der Waals surface area contributed by atoms with Gasteiger partial charge in [-0.25, -0.2) is 4.39 Å². The van der Waals surface area contributed by atoms with Crippen molar-refractivity contribution in [3.8, 4) is 5.75 Å². The average molecular weight is 294 g/mol. The first-order valence-corrected chi connectivity index (χ1v) is 6.32. The van der Waals surface area contributed by atoms with E-state index in [9.17, 15) is 9.18 Å². The summed E-state index contributed by atoms with van der Waals surface area (Å²) in [5.74, 6) is -0.177. The lowest BCUT2D eigenvalue weighted by atomic mass is 10.1. The molecule has 0 fully saturated rings. The molecule has 5 heteroatoms. The van der Waals surface area contributed by atoms with E-state index >= 15 is 0 Å². The maximum atomic E-state index is 13.0. The summed E-state index contributed by atoms with van der Waals surface area (Å²) in [5, 5.41) is 0.0372. The molecule has 20 heavy (non-hydrogen) atoms. The number of ketones is 1. The Morgan fingerprint density at radius 1 is 1.30 bits per heavy atom. The number of nitrogens with two attached hydrogens (primary N) is 1. The maximum absolute atomic E-state index is 13.0. The molecule has 0 saturated heterocycles. The SMILES string of the molecule is CC(=O)c1cc(N)ccc1OCc1ccc(F)c(Cl)c1. The summed E-state index contributed by atoms with van der Waals surface area (Å²) in [7, 11) is 0. The molecule has 0 aliphatic carbocycles. The van der Waals surface area contributed by atoms with Gasteiger partial charge in [0.15, 0.2) is 5.78 Å². The minimum absolute atomic E-state index is 0.0372. The Bertz CT molecular complexity index is 658. The number of Topliss-reactive ketones (excluding diaryl/α,β-unsaturated/α-hetero) is 1. The summed E-state index contributed by atoms with van der Waals surface area (Å²) in [6.07, 6.45) is 0. The number of ether oxygens (including phenoxy) is 1. The zero-order valence-corrected chi connectivity index (χ0v) is 11.6. The van der Waals surface area contributed by atoms with Gasteiger partial charge in [-0.15, -0.1) is 0 Å². The van der Waals surface area contributed by atoms with Crippen molar-refractivity contribution in [1.29, 1.82) is 0 Å². The minimum Gasteiger partial charge on any atom is -0.488 e. The molecule has 2 rings (SSSR count). The van der Waals surface area contributed by atoms with E-state index < -0.39 is 5.82 Å². The fourth-order valence-corrected chi connectivity index (χ4v) is 1.94. The van der Waals surface area contributed by atoms with E-state index in [2.05, 4.69) is 0 Å². The number of rotatable bonds is 4. The van der Waals surface area contributed by atoms with Gasteiger partial charge in [0.2, 0.25) is 0 Å². The summed E-state index contributed by atoms with van der Waals surface area (Å²) in [4.78, 5) is 11.5. The van der Waals surface area contributed by atoms with E-state index in [1.807, 2.05) is 0 Å². The normalized spacial score (nSPS) is 10.3. The van der Waals surface area contributed by atoms with Crippen LogP contribution in [0, 0.1) is 5.82 Å². The Kier molecular flexibility index (Phi) is 4.25. The molecule has 0 heterocycles. The van der Waals surface area contributed by atoms with Gasteiger partial charge in [0.1, 0.15) is 18.2 Å². The molecule has 0 aliphatic rings. The predicted octanol–water partition coefficient (Wildman–Crippen LogP) is 3.84. The lowest BCUT2D eigenvalue weighted by molar-refractivity contribution is 0.101. The first-order valence-electron chi connectivity index (χ1n) is 5.94. The second-order valence-corrected chi connectivity index (χ2v) is 4.76. The Balaban J connectivity index is 2.18. The van der Waals surface area contributed by atoms with Gasteiger partial charge in [-0.2, -0.15) is 0 Å². The third-order valence-corrected chi connectivity index (χ3v) is 3.05. The van der Waals surface area contributed by atoms with Crippen LogP contribution in [0.2, 0.25) is 5.02 Å². The topological polar surface area (TPSA) is 52.3 Å². The van der Waals surface area contributed by atoms with Crippen molar-refractivity contribution in [2.75, 3.05) is 5.73 Å². The third-order valence-electron chi connectivity index (χ3n) is 2.76. The van der Waals surface area contributed by atoms with E-state index in [1.165, 1.54) is 19.1 Å². The summed E-state index contributed by atoms with van der Waals surface area (Å²) < 4.78 is 18.6. The Labute approximate surface area is 121 Å². The fraction of sp³-hybridized carbons (Fsp3) is 0.133. The summed E-state index contributed by atoms with van der Waals surface area (Å²) in [5.41, 5.74) is 7.26. The van der Waals surface area contributed by atoms with Crippen molar-refractivity contribution in [2.45, 2.75) is 13.5 Å². The largest absolute Gasteiger partial charge is 0.488 e. The van der Waals surface area contributed by atoms with Crippen LogP contribution in [0.15, 0.2) is 36.4 Å². The highest BCUT2D eigenvalue weighted by molar-refractivity contribution is 6.30. The number of anilines is 1. The van der Waals surface area contributed by atoms with Gasteiger partial charge in [0, 0.05) is 5.69 Å². The van der Waals surface area contributed by atoms with Crippen molar-refractivity contribution in [2.24, 2.45) is 0 Å². The molecular weight excluding hydrogens is 281 g/mol. The lowest BCUT2D eigenvalue weighted by Crippen LogP contribution is -2.03. The van der Waals surface area contributed by atoms with Crippen LogP contribution in [0.4, 0.5) is 10.1 Å². The molecule has 3 nitrogen and oxygen atoms in total. The Morgan fingerprint density at radius 3 is 2.70 bits per heavy atom. The summed E-state index contributed by atoms with van der Waals surface area (Å²) >= 11 is 5.70. The van der Waals surface area contributed by atoms with Gasteiger partial charge in [-0.3, -0.25) is 4.79 Å². The number of hydrogen-bond acceptors (Lipinski definition) is 3. The van der Waals surface area contributed by atoms with Crippen molar-refractivity contribution in [1.82, 2.24) is 0 Å². The number of carbonyl (C=O) groups is 1. The number of benzene rings is 2. The van der Waals surface area contributed by atoms with Crippen molar-refractivity contribution >= 4 is 23.1 Å². The second-order valence-electron chi connectivity index (χ2n) is 4.35. The van der Waals surface area contributed by atoms with Crippen LogP contribution in [0.25, 0.3) is 0 Å². The molecule has 2 aromatic rings. The number of carbonyl (C=O) groups excluding carboxylic acids is 1. The molecule has 0 atom stereocenters. The van der Waals surface area contributed by atoms with Crippen LogP contribution in [-0.4, -0.2) is 5.78 Å². The smallest absolute Gasteiger partial charge is 0.163 e. The highest BCUT2D eigenvalue weighted by atomic mass is 35.5. The first-order chi connectivity index (χ1) is 9.47. The molecular formula is C15H13ClFNO2. The van der Waals surface area contributed by atoms with Gasteiger partial charge in [-0.05, 0) is 42.8 Å². The molecule has 104 valence electrons. The first kappa shape index (κ1) is 14.3. The second kappa shape index (κ2) is 5.92. The van der Waals surface area contributed by atoms with E-state index in [0.29, 0.717) is 22.6 Å². The van der Waals surface area contributed by atoms with E-state index in [-0.39, 0.29) is 17.4 Å². The summed E-state index contributed by atoms with van der Waals surface area (Å²) in [6.45, 7) is 1.63. The lowest BCUT2D eigenvalue weighted by Gasteiger charge is -2.11. The molecule has 0 spiro atoms. The number of hydrogen-bond donors (Lipinski definition) is 1. The van der Waals surface area contributed by atoms with Gasteiger partial charge >= 0.3 is 0 Å². The molecule has 2 aromatic carbocycles. The Morgan fingerprint density at radius 2 is 2.05 bits per heavy atom. The quantitative estimate of drug-likeness (QED) is 0.688. The molecule has 0 bridgehead atoms. The zero-order chi connectivity index (χ0) is 14.7. The Hall–Kier alpha value is -2.07.